The van der Waals surface area contributed by atoms with Gasteiger partial charge in [-0.3, -0.25) is 0 Å². The molecule has 0 radical (unpaired) electrons. The molecule has 0 saturated heterocycles. The highest BCUT2D eigenvalue weighted by atomic mass is 19.4. The largest absolute Gasteiger partial charge is 0.573 e. The Hall–Kier alpha value is -2.28. The van der Waals surface area contributed by atoms with Gasteiger partial charge in [0.05, 0.1) is 19.4 Å². The van der Waals surface area contributed by atoms with Crippen LogP contribution in [0.4, 0.5) is 13.2 Å². The van der Waals surface area contributed by atoms with Crippen LogP contribution in [0.25, 0.3) is 11.3 Å². The number of aliphatic hydroxyl groups is 1. The van der Waals surface area contributed by atoms with Crippen LogP contribution >= 0.6 is 0 Å². The molecule has 0 spiro atoms. The highest BCUT2D eigenvalue weighted by molar-refractivity contribution is 5.72. The van der Waals surface area contributed by atoms with Gasteiger partial charge in [0, 0.05) is 5.56 Å². The molecule has 0 aliphatic rings. The van der Waals surface area contributed by atoms with Gasteiger partial charge in [0.15, 0.2) is 0 Å². The van der Waals surface area contributed by atoms with Crippen LogP contribution in [0.3, 0.4) is 0 Å². The van der Waals surface area contributed by atoms with Crippen LogP contribution in [-0.4, -0.2) is 23.6 Å². The summed E-state index contributed by atoms with van der Waals surface area (Å²) in [4.78, 5) is 4.10. The molecule has 1 aromatic heterocycles. The lowest BCUT2D eigenvalue weighted by Gasteiger charge is -2.15. The molecular formula is C14H12F3NO3. The third-order valence-corrected chi connectivity index (χ3v) is 2.67. The maximum atomic E-state index is 12.5. The fourth-order valence-electron chi connectivity index (χ4n) is 1.81. The number of nitrogens with zero attached hydrogens (tertiary/aromatic N) is 1. The molecule has 0 aliphatic carbocycles. The normalized spacial score (nSPS) is 11.3. The van der Waals surface area contributed by atoms with Crippen LogP contribution < -0.4 is 9.47 Å². The molecule has 0 unspecified atom stereocenters. The Morgan fingerprint density at radius 3 is 2.43 bits per heavy atom. The number of aromatic nitrogens is 1. The van der Waals surface area contributed by atoms with E-state index in [9.17, 15) is 13.2 Å². The molecule has 0 aliphatic heterocycles. The first kappa shape index (κ1) is 15.1. The quantitative estimate of drug-likeness (QED) is 0.942. The summed E-state index contributed by atoms with van der Waals surface area (Å²) in [5.41, 5.74) is 0.610. The van der Waals surface area contributed by atoms with Crippen molar-refractivity contribution < 1.29 is 27.8 Å². The van der Waals surface area contributed by atoms with Crippen molar-refractivity contribution in [1.82, 2.24) is 4.98 Å². The van der Waals surface area contributed by atoms with Crippen molar-refractivity contribution in [2.24, 2.45) is 0 Å². The summed E-state index contributed by atoms with van der Waals surface area (Å²) in [6.45, 7) is -0.334. The van der Waals surface area contributed by atoms with Crippen LogP contribution in [0.2, 0.25) is 0 Å². The molecular weight excluding hydrogens is 287 g/mol. The van der Waals surface area contributed by atoms with Crippen molar-refractivity contribution in [2.75, 3.05) is 7.11 Å². The van der Waals surface area contributed by atoms with Crippen molar-refractivity contribution >= 4 is 0 Å². The molecule has 1 aromatic carbocycles. The molecule has 2 rings (SSSR count). The maximum Gasteiger partial charge on any atom is 0.573 e. The molecule has 0 bridgehead atoms. The summed E-state index contributed by atoms with van der Waals surface area (Å²) in [6, 6.07) is 8.66. The fourth-order valence-corrected chi connectivity index (χ4v) is 1.81. The zero-order chi connectivity index (χ0) is 15.5. The monoisotopic (exact) mass is 299 g/mol. The minimum absolute atomic E-state index is 0.127. The van der Waals surface area contributed by atoms with Crippen LogP contribution in [0.15, 0.2) is 36.4 Å². The predicted molar refractivity (Wildman–Crippen MR) is 68.8 cm³/mol. The Labute approximate surface area is 118 Å². The number of pyridine rings is 1. The van der Waals surface area contributed by atoms with E-state index in [0.29, 0.717) is 5.69 Å². The molecule has 0 saturated carbocycles. The first-order valence-electron chi connectivity index (χ1n) is 5.94. The molecule has 2 aromatic rings. The standard InChI is InChI=1S/C14H12F3NO3/c1-20-12-7-6-9(8-19)18-13(12)10-4-2-3-5-11(10)21-14(15,16)17/h2-7,19H,8H2,1H3. The molecule has 0 atom stereocenters. The van der Waals surface area contributed by atoms with Gasteiger partial charge in [-0.05, 0) is 24.3 Å². The van der Waals surface area contributed by atoms with E-state index in [4.69, 9.17) is 9.84 Å². The van der Waals surface area contributed by atoms with E-state index in [1.807, 2.05) is 0 Å². The third-order valence-electron chi connectivity index (χ3n) is 2.67. The van der Waals surface area contributed by atoms with Crippen molar-refractivity contribution in [1.29, 1.82) is 0 Å². The number of aliphatic hydroxyl groups excluding tert-OH is 1. The van der Waals surface area contributed by atoms with Gasteiger partial charge in [-0.15, -0.1) is 13.2 Å². The van der Waals surface area contributed by atoms with Crippen LogP contribution in [-0.2, 0) is 6.61 Å². The van der Waals surface area contributed by atoms with E-state index in [1.54, 1.807) is 6.07 Å². The molecule has 1 N–H and O–H groups in total. The Morgan fingerprint density at radius 2 is 1.81 bits per heavy atom. The first-order chi connectivity index (χ1) is 9.94. The second-order valence-corrected chi connectivity index (χ2v) is 4.06. The highest BCUT2D eigenvalue weighted by Crippen LogP contribution is 2.37. The van der Waals surface area contributed by atoms with Crippen LogP contribution in [0, 0.1) is 0 Å². The highest BCUT2D eigenvalue weighted by Gasteiger charge is 2.32. The first-order valence-corrected chi connectivity index (χ1v) is 5.94. The lowest BCUT2D eigenvalue weighted by atomic mass is 10.1. The Balaban J connectivity index is 2.56. The zero-order valence-electron chi connectivity index (χ0n) is 11.0. The molecule has 0 amide bonds. The lowest BCUT2D eigenvalue weighted by Crippen LogP contribution is -2.17. The van der Waals surface area contributed by atoms with E-state index in [1.165, 1.54) is 37.4 Å². The topological polar surface area (TPSA) is 51.6 Å². The average molecular weight is 299 g/mol. The smallest absolute Gasteiger partial charge is 0.494 e. The summed E-state index contributed by atoms with van der Waals surface area (Å²) in [5.74, 6) is -0.101. The maximum absolute atomic E-state index is 12.5. The number of ether oxygens (including phenoxy) is 2. The number of halogens is 3. The summed E-state index contributed by atoms with van der Waals surface area (Å²) < 4.78 is 46.5. The summed E-state index contributed by atoms with van der Waals surface area (Å²) in [6.07, 6.45) is -4.81. The minimum Gasteiger partial charge on any atom is -0.494 e. The predicted octanol–water partition coefficient (Wildman–Crippen LogP) is 3.15. The van der Waals surface area contributed by atoms with E-state index in [-0.39, 0.29) is 29.4 Å². The number of hydrogen-bond donors (Lipinski definition) is 1. The summed E-state index contributed by atoms with van der Waals surface area (Å²) in [5, 5.41) is 9.11. The molecule has 0 fully saturated rings. The fraction of sp³-hybridized carbons (Fsp3) is 0.214. The van der Waals surface area contributed by atoms with Gasteiger partial charge < -0.3 is 14.6 Å². The number of methoxy groups -OCH3 is 1. The van der Waals surface area contributed by atoms with Gasteiger partial charge in [-0.25, -0.2) is 4.98 Å². The molecule has 21 heavy (non-hydrogen) atoms. The molecule has 7 heteroatoms. The van der Waals surface area contributed by atoms with Crippen LogP contribution in [0.1, 0.15) is 5.69 Å². The number of rotatable bonds is 4. The second kappa shape index (κ2) is 6.01. The SMILES string of the molecule is COc1ccc(CO)nc1-c1ccccc1OC(F)(F)F. The second-order valence-electron chi connectivity index (χ2n) is 4.06. The Morgan fingerprint density at radius 1 is 1.10 bits per heavy atom. The lowest BCUT2D eigenvalue weighted by molar-refractivity contribution is -0.274. The van der Waals surface area contributed by atoms with Crippen molar-refractivity contribution in [3.05, 3.63) is 42.1 Å². The molecule has 4 nitrogen and oxygen atoms in total. The van der Waals surface area contributed by atoms with Crippen molar-refractivity contribution in [3.63, 3.8) is 0 Å². The number of benzene rings is 1. The van der Waals surface area contributed by atoms with E-state index in [2.05, 4.69) is 9.72 Å². The van der Waals surface area contributed by atoms with Gasteiger partial charge in [-0.2, -0.15) is 0 Å². The van der Waals surface area contributed by atoms with Crippen molar-refractivity contribution in [2.45, 2.75) is 13.0 Å². The van der Waals surface area contributed by atoms with Gasteiger partial charge in [0.25, 0.3) is 0 Å². The van der Waals surface area contributed by atoms with Gasteiger partial charge >= 0.3 is 6.36 Å². The van der Waals surface area contributed by atoms with Crippen LogP contribution in [0.5, 0.6) is 11.5 Å². The molecule has 112 valence electrons. The minimum atomic E-state index is -4.81. The number of para-hydroxylation sites is 1. The zero-order valence-corrected chi connectivity index (χ0v) is 11.0. The Bertz CT molecular complexity index is 629. The van der Waals surface area contributed by atoms with E-state index >= 15 is 0 Å². The molecule has 1 heterocycles. The van der Waals surface area contributed by atoms with Gasteiger partial charge in [-0.1, -0.05) is 12.1 Å². The summed E-state index contributed by atoms with van der Waals surface area (Å²) in [7, 11) is 1.38. The third kappa shape index (κ3) is 3.63. The summed E-state index contributed by atoms with van der Waals surface area (Å²) >= 11 is 0. The number of hydrogen-bond acceptors (Lipinski definition) is 4. The Kier molecular flexibility index (Phi) is 4.32. The average Bonchev–Trinajstić information content (AvgIpc) is 2.45. The van der Waals surface area contributed by atoms with Crippen molar-refractivity contribution in [3.8, 4) is 22.8 Å². The van der Waals surface area contributed by atoms with E-state index in [0.717, 1.165) is 0 Å². The van der Waals surface area contributed by atoms with Gasteiger partial charge in [0.2, 0.25) is 0 Å². The number of alkyl halides is 3. The van der Waals surface area contributed by atoms with Gasteiger partial charge in [0.1, 0.15) is 17.2 Å². The van der Waals surface area contributed by atoms with E-state index < -0.39 is 6.36 Å².